The first kappa shape index (κ1) is 12.5. The standard InChI is InChI=1S/C21H27N3O3S/c22-18-6-2-4-8-20(18)28-19-7-3-1-5-17(19)21(26)24-11-9-23(10-12-24)13-15-27-16-14-25/h1-8,25H,9-16,22H2/i9D2,10D2,11D2,12D2. The van der Waals surface area contributed by atoms with Gasteiger partial charge in [0.05, 0.1) is 30.9 Å². The van der Waals surface area contributed by atoms with Crippen LogP contribution in [0.15, 0.2) is 58.3 Å². The summed E-state index contributed by atoms with van der Waals surface area (Å²) in [6, 6.07) is 12.9. The number of hydrogen-bond donors (Lipinski definition) is 2. The Morgan fingerprint density at radius 2 is 1.75 bits per heavy atom. The highest BCUT2D eigenvalue weighted by Gasteiger charge is 2.24. The zero-order valence-corrected chi connectivity index (χ0v) is 15.9. The highest BCUT2D eigenvalue weighted by atomic mass is 32.2. The van der Waals surface area contributed by atoms with Gasteiger partial charge >= 0.3 is 0 Å². The number of nitrogens with two attached hydrogens (primary N) is 1. The molecule has 1 heterocycles. The van der Waals surface area contributed by atoms with E-state index < -0.39 is 38.4 Å². The molecule has 1 aliphatic rings. The van der Waals surface area contributed by atoms with Crippen LogP contribution in [0.2, 0.25) is 0 Å². The van der Waals surface area contributed by atoms with E-state index in [1.54, 1.807) is 36.4 Å². The molecule has 3 N–H and O–H groups in total. The molecular formula is C21H27N3O3S. The Morgan fingerprint density at radius 3 is 2.46 bits per heavy atom. The number of ether oxygens (including phenoxy) is 1. The van der Waals surface area contributed by atoms with Crippen LogP contribution in [0.3, 0.4) is 0 Å². The summed E-state index contributed by atoms with van der Waals surface area (Å²) in [6.45, 7) is -14.1. The number of nitrogens with zero attached hydrogens (tertiary/aromatic N) is 2. The molecule has 1 amide bonds. The van der Waals surface area contributed by atoms with Crippen LogP contribution in [0.1, 0.15) is 21.3 Å². The molecule has 0 bridgehead atoms. The summed E-state index contributed by atoms with van der Waals surface area (Å²) in [7, 11) is 0. The number of anilines is 1. The van der Waals surface area contributed by atoms with Gasteiger partial charge in [-0.3, -0.25) is 9.69 Å². The topological polar surface area (TPSA) is 79.0 Å². The zero-order valence-electron chi connectivity index (χ0n) is 23.1. The summed E-state index contributed by atoms with van der Waals surface area (Å²) in [5.41, 5.74) is 6.30. The van der Waals surface area contributed by atoms with Crippen molar-refractivity contribution in [1.29, 1.82) is 0 Å². The molecular weight excluding hydrogens is 374 g/mol. The van der Waals surface area contributed by atoms with E-state index in [1.165, 1.54) is 12.1 Å². The summed E-state index contributed by atoms with van der Waals surface area (Å²) in [6.07, 6.45) is 0. The van der Waals surface area contributed by atoms with Gasteiger partial charge in [-0.1, -0.05) is 36.0 Å². The van der Waals surface area contributed by atoms with Crippen LogP contribution in [-0.4, -0.2) is 73.2 Å². The van der Waals surface area contributed by atoms with E-state index in [4.69, 9.17) is 26.5 Å². The maximum Gasteiger partial charge on any atom is 0.255 e. The van der Waals surface area contributed by atoms with Gasteiger partial charge in [0.1, 0.15) is 0 Å². The molecule has 0 radical (unpaired) electrons. The highest BCUT2D eigenvalue weighted by Crippen LogP contribution is 2.34. The lowest BCUT2D eigenvalue weighted by atomic mass is 10.2. The van der Waals surface area contributed by atoms with Gasteiger partial charge in [0.15, 0.2) is 0 Å². The SMILES string of the molecule is [2H]C1([2H])N(CCOCCO)C([2H])([2H])C([2H])([2H])N(C(=O)c2ccccc2Sc2ccccc2N)C1([2H])[2H]. The van der Waals surface area contributed by atoms with Crippen molar-refractivity contribution in [3.63, 3.8) is 0 Å². The molecule has 0 unspecified atom stereocenters. The van der Waals surface area contributed by atoms with Gasteiger partial charge in [-0.2, -0.15) is 0 Å². The summed E-state index contributed by atoms with van der Waals surface area (Å²) < 4.78 is 72.9. The first-order valence-corrected chi connectivity index (χ1v) is 9.45. The summed E-state index contributed by atoms with van der Waals surface area (Å²) >= 11 is 1.10. The zero-order chi connectivity index (χ0) is 26.9. The third kappa shape index (κ3) is 5.48. The molecule has 0 spiro atoms. The van der Waals surface area contributed by atoms with Gasteiger partial charge in [-0.25, -0.2) is 0 Å². The number of para-hydroxylation sites is 1. The number of carbonyl (C=O) groups excluding carboxylic acids is 1. The highest BCUT2D eigenvalue weighted by molar-refractivity contribution is 7.99. The van der Waals surface area contributed by atoms with Crippen LogP contribution >= 0.6 is 11.8 Å². The number of piperazine rings is 1. The lowest BCUT2D eigenvalue weighted by Gasteiger charge is -2.35. The molecule has 3 rings (SSSR count). The van der Waals surface area contributed by atoms with E-state index >= 15 is 0 Å². The van der Waals surface area contributed by atoms with E-state index in [2.05, 4.69) is 0 Å². The Kier molecular flexibility index (Phi) is 4.67. The summed E-state index contributed by atoms with van der Waals surface area (Å²) in [5.74, 6) is -1.22. The van der Waals surface area contributed by atoms with Crippen LogP contribution < -0.4 is 5.73 Å². The Balaban J connectivity index is 2.05. The fourth-order valence-electron chi connectivity index (χ4n) is 2.36. The molecule has 0 atom stereocenters. The van der Waals surface area contributed by atoms with Crippen molar-refractivity contribution < 1.29 is 25.6 Å². The minimum Gasteiger partial charge on any atom is -0.398 e. The Bertz CT molecular complexity index is 1080. The summed E-state index contributed by atoms with van der Waals surface area (Å²) in [5, 5.41) is 8.85. The van der Waals surface area contributed by atoms with Crippen LogP contribution in [0.5, 0.6) is 0 Å². The molecule has 1 aliphatic heterocycles. The van der Waals surface area contributed by atoms with E-state index in [0.717, 1.165) is 11.8 Å². The number of rotatable bonds is 8. The minimum atomic E-state index is -3.29. The number of carbonyl (C=O) groups is 1. The lowest BCUT2D eigenvalue weighted by molar-refractivity contribution is 0.0484. The molecule has 1 saturated heterocycles. The van der Waals surface area contributed by atoms with Crippen molar-refractivity contribution in [2.75, 3.05) is 58.1 Å². The first-order valence-electron chi connectivity index (χ1n) is 12.6. The van der Waals surface area contributed by atoms with Crippen LogP contribution in [-0.2, 0) is 4.74 Å². The molecule has 0 aliphatic carbocycles. The molecule has 2 aromatic carbocycles. The van der Waals surface area contributed by atoms with Gasteiger partial charge in [0.25, 0.3) is 5.91 Å². The van der Waals surface area contributed by atoms with Crippen molar-refractivity contribution in [3.05, 3.63) is 54.1 Å². The first-order chi connectivity index (χ1) is 16.7. The second-order valence-corrected chi connectivity index (χ2v) is 6.80. The third-order valence-corrected chi connectivity index (χ3v) is 4.92. The number of benzene rings is 2. The second-order valence-electron chi connectivity index (χ2n) is 5.71. The Labute approximate surface area is 181 Å². The van der Waals surface area contributed by atoms with E-state index in [0.29, 0.717) is 20.4 Å². The third-order valence-electron chi connectivity index (χ3n) is 3.75. The molecule has 2 aromatic rings. The number of nitrogen functional groups attached to an aromatic ring is 1. The fraction of sp³-hybridized carbons (Fsp3) is 0.381. The quantitative estimate of drug-likeness (QED) is 0.514. The van der Waals surface area contributed by atoms with Crippen molar-refractivity contribution in [3.8, 4) is 0 Å². The average molecular weight is 410 g/mol. The smallest absolute Gasteiger partial charge is 0.255 e. The maximum atomic E-state index is 13.7. The number of hydrogen-bond acceptors (Lipinski definition) is 6. The largest absolute Gasteiger partial charge is 0.398 e. The normalized spacial score (nSPS) is 26.4. The molecule has 1 fully saturated rings. The molecule has 150 valence electrons. The van der Waals surface area contributed by atoms with Crippen LogP contribution in [0, 0.1) is 0 Å². The van der Waals surface area contributed by atoms with Gasteiger partial charge in [-0.15, -0.1) is 0 Å². The predicted octanol–water partition coefficient (Wildman–Crippen LogP) is 2.19. The van der Waals surface area contributed by atoms with E-state index in [-0.39, 0.29) is 30.3 Å². The predicted molar refractivity (Wildman–Crippen MR) is 112 cm³/mol. The van der Waals surface area contributed by atoms with Crippen molar-refractivity contribution >= 4 is 23.4 Å². The number of amides is 1. The van der Waals surface area contributed by atoms with Crippen molar-refractivity contribution in [2.24, 2.45) is 0 Å². The second kappa shape index (κ2) is 10.5. The number of aliphatic hydroxyl groups excluding tert-OH is 1. The van der Waals surface area contributed by atoms with Gasteiger partial charge in [0, 0.05) is 53.5 Å². The fourth-order valence-corrected chi connectivity index (χ4v) is 3.34. The van der Waals surface area contributed by atoms with E-state index in [1.807, 2.05) is 0 Å². The monoisotopic (exact) mass is 409 g/mol. The molecule has 6 nitrogen and oxygen atoms in total. The molecule has 28 heavy (non-hydrogen) atoms. The Hall–Kier alpha value is -2.06. The van der Waals surface area contributed by atoms with E-state index in [9.17, 15) is 4.79 Å². The minimum absolute atomic E-state index is 0.0127. The number of aliphatic hydroxyl groups is 1. The molecule has 7 heteroatoms. The lowest BCUT2D eigenvalue weighted by Crippen LogP contribution is -2.49. The van der Waals surface area contributed by atoms with Crippen molar-refractivity contribution in [1.82, 2.24) is 9.80 Å². The van der Waals surface area contributed by atoms with Crippen molar-refractivity contribution in [2.45, 2.75) is 9.79 Å². The molecule has 0 aromatic heterocycles. The average Bonchev–Trinajstić information content (AvgIpc) is 2.79. The molecule has 0 saturated carbocycles. The summed E-state index contributed by atoms with van der Waals surface area (Å²) in [4.78, 5) is 15.0. The van der Waals surface area contributed by atoms with Crippen LogP contribution in [0.4, 0.5) is 5.69 Å². The Morgan fingerprint density at radius 1 is 1.07 bits per heavy atom. The maximum absolute atomic E-state index is 13.7. The van der Waals surface area contributed by atoms with Gasteiger partial charge in [0.2, 0.25) is 0 Å². The van der Waals surface area contributed by atoms with Gasteiger partial charge in [-0.05, 0) is 24.3 Å². The van der Waals surface area contributed by atoms with Gasteiger partial charge < -0.3 is 20.5 Å². The van der Waals surface area contributed by atoms with Crippen LogP contribution in [0.25, 0.3) is 0 Å².